The summed E-state index contributed by atoms with van der Waals surface area (Å²) in [5.41, 5.74) is 3.19. The fraction of sp³-hybridized carbons (Fsp3) is 0.250. The molecule has 43 heavy (non-hydrogen) atoms. The van der Waals surface area contributed by atoms with Gasteiger partial charge in [0.05, 0.1) is 41.1 Å². The summed E-state index contributed by atoms with van der Waals surface area (Å²) in [7, 11) is 3.17. The monoisotopic (exact) mass is 619 g/mol. The van der Waals surface area contributed by atoms with E-state index in [1.54, 1.807) is 61.5 Å². The molecule has 0 saturated carbocycles. The van der Waals surface area contributed by atoms with Crippen molar-refractivity contribution in [2.75, 3.05) is 19.5 Å². The molecule has 4 aromatic rings. The number of nitrogens with one attached hydrogen (secondary N) is 2. The van der Waals surface area contributed by atoms with Gasteiger partial charge in [0.15, 0.2) is 0 Å². The van der Waals surface area contributed by atoms with Gasteiger partial charge in [-0.1, -0.05) is 35.3 Å². The fourth-order valence-corrected chi connectivity index (χ4v) is 5.44. The second-order valence-corrected chi connectivity index (χ2v) is 11.2. The third kappa shape index (κ3) is 6.09. The first-order valence-electron chi connectivity index (χ1n) is 13.7. The van der Waals surface area contributed by atoms with Crippen LogP contribution in [-0.4, -0.2) is 46.5 Å². The molecule has 1 aliphatic heterocycles. The van der Waals surface area contributed by atoms with E-state index in [4.69, 9.17) is 32.9 Å². The molecular weight excluding hydrogens is 589 g/mol. The lowest BCUT2D eigenvalue weighted by Crippen LogP contribution is -2.46. The summed E-state index contributed by atoms with van der Waals surface area (Å²) in [6.45, 7) is 4.01. The number of rotatable bonds is 7. The molecule has 0 fully saturated rings. The molecule has 1 aromatic heterocycles. The van der Waals surface area contributed by atoms with Crippen LogP contribution in [0, 0.1) is 0 Å². The number of nitrogens with zero attached hydrogens (tertiary/aromatic N) is 3. The molecule has 2 atom stereocenters. The molecule has 2 N–H and O–H groups in total. The zero-order valence-corrected chi connectivity index (χ0v) is 25.7. The number of carbonyl (C=O) groups excluding carboxylic acids is 2. The first-order chi connectivity index (χ1) is 20.6. The summed E-state index contributed by atoms with van der Waals surface area (Å²) in [5, 5.41) is 6.66. The van der Waals surface area contributed by atoms with Gasteiger partial charge in [-0.25, -0.2) is 9.55 Å². The Hall–Kier alpha value is -4.34. The number of fused-ring (bicyclic) bond motifs is 1. The third-order valence-corrected chi connectivity index (χ3v) is 8.36. The molecule has 0 saturated heterocycles. The van der Waals surface area contributed by atoms with E-state index in [9.17, 15) is 14.4 Å². The lowest BCUT2D eigenvalue weighted by Gasteiger charge is -2.35. The second kappa shape index (κ2) is 12.5. The molecule has 0 unspecified atom stereocenters. The van der Waals surface area contributed by atoms with Crippen LogP contribution >= 0.6 is 23.2 Å². The van der Waals surface area contributed by atoms with Crippen molar-refractivity contribution in [3.8, 4) is 11.4 Å². The first kappa shape index (κ1) is 30.1. The number of hydrogen-bond acceptors (Lipinski definition) is 6. The topological polar surface area (TPSA) is 106 Å². The maximum atomic E-state index is 14.1. The van der Waals surface area contributed by atoms with Crippen molar-refractivity contribution in [2.24, 2.45) is 0 Å². The predicted octanol–water partition coefficient (Wildman–Crippen LogP) is 5.67. The van der Waals surface area contributed by atoms with Crippen LogP contribution in [-0.2, 0) is 13.0 Å². The van der Waals surface area contributed by atoms with Gasteiger partial charge in [0.2, 0.25) is 5.95 Å². The molecule has 222 valence electrons. The van der Waals surface area contributed by atoms with Crippen LogP contribution in [0.3, 0.4) is 0 Å². The number of carbonyl (C=O) groups is 2. The van der Waals surface area contributed by atoms with Crippen LogP contribution in [0.5, 0.6) is 5.75 Å². The number of halogens is 2. The molecule has 0 spiro atoms. The largest absolute Gasteiger partial charge is 0.497 e. The Kier molecular flexibility index (Phi) is 8.75. The molecule has 3 aromatic carbocycles. The summed E-state index contributed by atoms with van der Waals surface area (Å²) in [5.74, 6) is 0.594. The molecule has 11 heteroatoms. The van der Waals surface area contributed by atoms with Crippen molar-refractivity contribution in [2.45, 2.75) is 38.9 Å². The molecule has 0 aliphatic carbocycles. The third-order valence-electron chi connectivity index (χ3n) is 7.62. The highest BCUT2D eigenvalue weighted by molar-refractivity contribution is 6.42. The van der Waals surface area contributed by atoms with Crippen molar-refractivity contribution >= 4 is 41.0 Å². The predicted molar refractivity (Wildman–Crippen MR) is 168 cm³/mol. The van der Waals surface area contributed by atoms with E-state index in [0.29, 0.717) is 50.5 Å². The smallest absolute Gasteiger partial charge is 0.263 e. The minimum absolute atomic E-state index is 0.146. The maximum absolute atomic E-state index is 14.1. The van der Waals surface area contributed by atoms with E-state index in [1.807, 2.05) is 38.1 Å². The van der Waals surface area contributed by atoms with E-state index >= 15 is 0 Å². The number of ether oxygens (including phenoxy) is 1. The van der Waals surface area contributed by atoms with Gasteiger partial charge in [-0.15, -0.1) is 0 Å². The van der Waals surface area contributed by atoms with Gasteiger partial charge >= 0.3 is 0 Å². The van der Waals surface area contributed by atoms with Crippen LogP contribution in [0.1, 0.15) is 57.4 Å². The molecule has 9 nitrogen and oxygen atoms in total. The SMILES string of the molecule is CNC(=O)c1ccc(-n2c(N[C@H](C)c3ccc(OC)cc3)nc3c(c2=O)C[C@@H](C)N(C(=O)c2ccc(Cl)c(Cl)c2)C3)cc1. The average molecular weight is 621 g/mol. The normalized spacial score (nSPS) is 14.9. The summed E-state index contributed by atoms with van der Waals surface area (Å²) in [6.07, 6.45) is 0.318. The van der Waals surface area contributed by atoms with Gasteiger partial charge in [0.25, 0.3) is 17.4 Å². The van der Waals surface area contributed by atoms with Gasteiger partial charge in [0, 0.05) is 29.8 Å². The van der Waals surface area contributed by atoms with Gasteiger partial charge < -0.3 is 20.3 Å². The Labute approximate surface area is 259 Å². The van der Waals surface area contributed by atoms with Crippen LogP contribution in [0.4, 0.5) is 5.95 Å². The summed E-state index contributed by atoms with van der Waals surface area (Å²) >= 11 is 12.2. The molecule has 5 rings (SSSR count). The Bertz CT molecular complexity index is 1740. The molecule has 2 amide bonds. The maximum Gasteiger partial charge on any atom is 0.263 e. The highest BCUT2D eigenvalue weighted by Crippen LogP contribution is 2.29. The van der Waals surface area contributed by atoms with E-state index < -0.39 is 0 Å². The van der Waals surface area contributed by atoms with Crippen LogP contribution in [0.15, 0.2) is 71.5 Å². The van der Waals surface area contributed by atoms with Crippen molar-refractivity contribution in [3.05, 3.63) is 115 Å². The van der Waals surface area contributed by atoms with Crippen LogP contribution in [0.25, 0.3) is 5.69 Å². The van der Waals surface area contributed by atoms with Crippen molar-refractivity contribution in [1.82, 2.24) is 19.8 Å². The van der Waals surface area contributed by atoms with Crippen LogP contribution in [0.2, 0.25) is 10.0 Å². The quantitative estimate of drug-likeness (QED) is 0.276. The first-order valence-corrected chi connectivity index (χ1v) is 14.5. The van der Waals surface area contributed by atoms with E-state index in [2.05, 4.69) is 10.6 Å². The van der Waals surface area contributed by atoms with Gasteiger partial charge in [-0.2, -0.15) is 0 Å². The second-order valence-electron chi connectivity index (χ2n) is 10.4. The van der Waals surface area contributed by atoms with Crippen LogP contribution < -0.4 is 20.9 Å². The molecule has 0 radical (unpaired) electrons. The van der Waals surface area contributed by atoms with Gasteiger partial charge in [0.1, 0.15) is 5.75 Å². The number of amides is 2. The average Bonchev–Trinajstić information content (AvgIpc) is 3.02. The standard InChI is InChI=1S/C32H31Cl2N5O4/c1-18-15-25-28(17-38(18)30(41)22-9-14-26(33)27(34)16-22)37-32(36-19(2)20-7-12-24(43-4)13-8-20)39(31(25)42)23-10-5-21(6-11-23)29(40)35-3/h5-14,16,18-19H,15,17H2,1-4H3,(H,35,40)(H,36,37)/t18-,19-/m1/s1. The fourth-order valence-electron chi connectivity index (χ4n) is 5.14. The minimum Gasteiger partial charge on any atom is -0.497 e. The van der Waals surface area contributed by atoms with Crippen molar-refractivity contribution in [3.63, 3.8) is 0 Å². The van der Waals surface area contributed by atoms with Gasteiger partial charge in [-0.3, -0.25) is 14.4 Å². The molecular formula is C32H31Cl2N5O4. The van der Waals surface area contributed by atoms with Gasteiger partial charge in [-0.05, 0) is 80.4 Å². The molecule has 0 bridgehead atoms. The number of aromatic nitrogens is 2. The molecule has 2 heterocycles. The molecule has 1 aliphatic rings. The lowest BCUT2D eigenvalue weighted by molar-refractivity contribution is 0.0653. The van der Waals surface area contributed by atoms with Crippen molar-refractivity contribution < 1.29 is 14.3 Å². The lowest BCUT2D eigenvalue weighted by atomic mass is 9.98. The Morgan fingerprint density at radius 3 is 2.30 bits per heavy atom. The van der Waals surface area contributed by atoms with E-state index in [-0.39, 0.29) is 36.0 Å². The Morgan fingerprint density at radius 2 is 1.67 bits per heavy atom. The minimum atomic E-state index is -0.273. The number of benzene rings is 3. The zero-order valence-electron chi connectivity index (χ0n) is 24.2. The van der Waals surface area contributed by atoms with E-state index in [0.717, 1.165) is 11.3 Å². The number of hydrogen-bond donors (Lipinski definition) is 2. The zero-order chi connectivity index (χ0) is 30.8. The summed E-state index contributed by atoms with van der Waals surface area (Å²) < 4.78 is 6.81. The highest BCUT2D eigenvalue weighted by atomic mass is 35.5. The van der Waals surface area contributed by atoms with Crippen molar-refractivity contribution in [1.29, 1.82) is 0 Å². The highest BCUT2D eigenvalue weighted by Gasteiger charge is 2.32. The number of anilines is 1. The Morgan fingerprint density at radius 1 is 1.00 bits per heavy atom. The van der Waals surface area contributed by atoms with E-state index in [1.165, 1.54) is 4.57 Å². The number of methoxy groups -OCH3 is 1. The summed E-state index contributed by atoms with van der Waals surface area (Å²) in [6, 6.07) is 18.6. The summed E-state index contributed by atoms with van der Waals surface area (Å²) in [4.78, 5) is 46.4. The Balaban J connectivity index is 1.56.